The fourth-order valence-corrected chi connectivity index (χ4v) is 4.06. The summed E-state index contributed by atoms with van der Waals surface area (Å²) in [6, 6.07) is 13.0. The van der Waals surface area contributed by atoms with Gasteiger partial charge in [-0.2, -0.15) is 0 Å². The zero-order chi connectivity index (χ0) is 14.7. The number of rotatable bonds is 5. The van der Waals surface area contributed by atoms with Crippen LogP contribution in [0.15, 0.2) is 36.4 Å². The number of hydrogen-bond donors (Lipinski definition) is 2. The van der Waals surface area contributed by atoms with E-state index < -0.39 is 0 Å². The van der Waals surface area contributed by atoms with Crippen LogP contribution in [0.2, 0.25) is 0 Å². The van der Waals surface area contributed by atoms with Gasteiger partial charge in [0.05, 0.1) is 6.61 Å². The molecule has 0 bridgehead atoms. The SMILES string of the molecule is CCc1ccc(CC(NN)C2CCOc3ccccc32)s1. The van der Waals surface area contributed by atoms with Crippen LogP contribution in [-0.2, 0) is 12.8 Å². The van der Waals surface area contributed by atoms with Crippen molar-refractivity contribution >= 4 is 11.3 Å². The van der Waals surface area contributed by atoms with Gasteiger partial charge in [-0.25, -0.2) is 0 Å². The molecule has 3 N–H and O–H groups in total. The molecule has 2 heterocycles. The molecule has 0 fully saturated rings. The van der Waals surface area contributed by atoms with Crippen LogP contribution in [0.1, 0.15) is 34.6 Å². The minimum Gasteiger partial charge on any atom is -0.493 e. The second-order valence-electron chi connectivity index (χ2n) is 5.48. The van der Waals surface area contributed by atoms with Gasteiger partial charge >= 0.3 is 0 Å². The summed E-state index contributed by atoms with van der Waals surface area (Å²) < 4.78 is 5.75. The van der Waals surface area contributed by atoms with Crippen molar-refractivity contribution in [3.63, 3.8) is 0 Å². The van der Waals surface area contributed by atoms with Crippen LogP contribution in [0, 0.1) is 0 Å². The highest BCUT2D eigenvalue weighted by Crippen LogP contribution is 2.36. The summed E-state index contributed by atoms with van der Waals surface area (Å²) in [5.41, 5.74) is 4.32. The lowest BCUT2D eigenvalue weighted by atomic mass is 9.85. The van der Waals surface area contributed by atoms with E-state index in [1.54, 1.807) is 0 Å². The normalized spacial score (nSPS) is 18.9. The first kappa shape index (κ1) is 14.6. The van der Waals surface area contributed by atoms with Crippen molar-refractivity contribution in [2.24, 2.45) is 5.84 Å². The summed E-state index contributed by atoms with van der Waals surface area (Å²) in [6.07, 6.45) is 3.09. The zero-order valence-electron chi connectivity index (χ0n) is 12.3. The van der Waals surface area contributed by atoms with Gasteiger partial charge in [0.2, 0.25) is 0 Å². The van der Waals surface area contributed by atoms with Crippen LogP contribution in [0.3, 0.4) is 0 Å². The first-order valence-electron chi connectivity index (χ1n) is 7.57. The van der Waals surface area contributed by atoms with Crippen LogP contribution in [0.4, 0.5) is 0 Å². The van der Waals surface area contributed by atoms with E-state index in [1.165, 1.54) is 15.3 Å². The van der Waals surface area contributed by atoms with Crippen molar-refractivity contribution in [1.82, 2.24) is 5.43 Å². The van der Waals surface area contributed by atoms with E-state index in [-0.39, 0.29) is 6.04 Å². The summed E-state index contributed by atoms with van der Waals surface area (Å²) in [5, 5.41) is 0. The Hall–Kier alpha value is -1.36. The molecule has 3 nitrogen and oxygen atoms in total. The lowest BCUT2D eigenvalue weighted by molar-refractivity contribution is 0.245. The van der Waals surface area contributed by atoms with Crippen molar-refractivity contribution in [3.8, 4) is 5.75 Å². The predicted molar refractivity (Wildman–Crippen MR) is 87.8 cm³/mol. The lowest BCUT2D eigenvalue weighted by Crippen LogP contribution is -2.42. The third-order valence-corrected chi connectivity index (χ3v) is 5.44. The number of ether oxygens (including phenoxy) is 1. The van der Waals surface area contributed by atoms with Gasteiger partial charge in [-0.1, -0.05) is 25.1 Å². The van der Waals surface area contributed by atoms with E-state index in [4.69, 9.17) is 10.6 Å². The van der Waals surface area contributed by atoms with Crippen molar-refractivity contribution in [1.29, 1.82) is 0 Å². The maximum atomic E-state index is 5.86. The van der Waals surface area contributed by atoms with Crippen molar-refractivity contribution < 1.29 is 4.74 Å². The molecule has 1 aromatic heterocycles. The van der Waals surface area contributed by atoms with E-state index in [1.807, 2.05) is 17.4 Å². The predicted octanol–water partition coefficient (Wildman–Crippen LogP) is 3.25. The van der Waals surface area contributed by atoms with Gasteiger partial charge in [0.1, 0.15) is 5.75 Å². The second-order valence-corrected chi connectivity index (χ2v) is 6.73. The molecule has 0 radical (unpaired) electrons. The number of para-hydroxylation sites is 1. The smallest absolute Gasteiger partial charge is 0.122 e. The van der Waals surface area contributed by atoms with Gasteiger partial charge in [0, 0.05) is 21.7 Å². The molecule has 2 unspecified atom stereocenters. The Morgan fingerprint density at radius 3 is 2.86 bits per heavy atom. The highest BCUT2D eigenvalue weighted by molar-refractivity contribution is 7.11. The zero-order valence-corrected chi connectivity index (χ0v) is 13.2. The molecule has 4 heteroatoms. The Labute approximate surface area is 130 Å². The third-order valence-electron chi connectivity index (χ3n) is 4.19. The summed E-state index contributed by atoms with van der Waals surface area (Å²) in [4.78, 5) is 2.84. The van der Waals surface area contributed by atoms with Crippen LogP contribution in [-0.4, -0.2) is 12.6 Å². The Morgan fingerprint density at radius 2 is 2.10 bits per heavy atom. The number of nitrogens with two attached hydrogens (primary N) is 1. The maximum Gasteiger partial charge on any atom is 0.122 e. The number of thiophene rings is 1. The Kier molecular flexibility index (Phi) is 4.58. The standard InChI is InChI=1S/C17H22N2OS/c1-2-12-7-8-13(21-12)11-16(19-18)14-9-10-20-17-6-4-3-5-15(14)17/h3-8,14,16,19H,2,9-11,18H2,1H3. The second kappa shape index (κ2) is 6.60. The largest absolute Gasteiger partial charge is 0.493 e. The molecule has 0 aliphatic carbocycles. The molecule has 112 valence electrons. The van der Waals surface area contributed by atoms with Crippen LogP contribution in [0.25, 0.3) is 0 Å². The fourth-order valence-electron chi connectivity index (χ4n) is 3.04. The van der Waals surface area contributed by atoms with E-state index in [9.17, 15) is 0 Å². The van der Waals surface area contributed by atoms with Gasteiger partial charge in [0.15, 0.2) is 0 Å². The molecule has 0 amide bonds. The van der Waals surface area contributed by atoms with E-state index in [2.05, 4.69) is 42.7 Å². The van der Waals surface area contributed by atoms with Gasteiger partial charge in [0.25, 0.3) is 0 Å². The quantitative estimate of drug-likeness (QED) is 0.658. The number of benzene rings is 1. The molecular weight excluding hydrogens is 280 g/mol. The number of fused-ring (bicyclic) bond motifs is 1. The Balaban J connectivity index is 1.80. The van der Waals surface area contributed by atoms with Gasteiger partial charge in [-0.15, -0.1) is 11.3 Å². The topological polar surface area (TPSA) is 47.3 Å². The average molecular weight is 302 g/mol. The van der Waals surface area contributed by atoms with Crippen LogP contribution >= 0.6 is 11.3 Å². The number of hydrogen-bond acceptors (Lipinski definition) is 4. The monoisotopic (exact) mass is 302 g/mol. The van der Waals surface area contributed by atoms with Crippen molar-refractivity contribution in [3.05, 3.63) is 51.7 Å². The van der Waals surface area contributed by atoms with Crippen molar-refractivity contribution in [2.75, 3.05) is 6.61 Å². The maximum absolute atomic E-state index is 5.86. The van der Waals surface area contributed by atoms with Crippen LogP contribution in [0.5, 0.6) is 5.75 Å². The van der Waals surface area contributed by atoms with E-state index in [0.717, 1.165) is 31.6 Å². The molecule has 21 heavy (non-hydrogen) atoms. The molecule has 1 aliphatic rings. The van der Waals surface area contributed by atoms with Crippen LogP contribution < -0.4 is 16.0 Å². The number of nitrogens with one attached hydrogen (secondary N) is 1. The minimum absolute atomic E-state index is 0.249. The molecule has 1 aromatic carbocycles. The summed E-state index contributed by atoms with van der Waals surface area (Å²) >= 11 is 1.90. The number of aryl methyl sites for hydroxylation is 1. The highest BCUT2D eigenvalue weighted by atomic mass is 32.1. The molecule has 1 aliphatic heterocycles. The fraction of sp³-hybridized carbons (Fsp3) is 0.412. The first-order chi connectivity index (χ1) is 10.3. The van der Waals surface area contributed by atoms with Gasteiger partial charge in [-0.3, -0.25) is 11.3 Å². The molecule has 0 saturated carbocycles. The molecule has 0 saturated heterocycles. The lowest BCUT2D eigenvalue weighted by Gasteiger charge is -2.31. The Bertz CT molecular complexity index is 596. The average Bonchev–Trinajstić information content (AvgIpc) is 3.00. The minimum atomic E-state index is 0.249. The summed E-state index contributed by atoms with van der Waals surface area (Å²) in [5.74, 6) is 7.28. The molecule has 2 aromatic rings. The molecule has 0 spiro atoms. The third kappa shape index (κ3) is 3.12. The van der Waals surface area contributed by atoms with E-state index in [0.29, 0.717) is 5.92 Å². The molecule has 2 atom stereocenters. The van der Waals surface area contributed by atoms with E-state index >= 15 is 0 Å². The van der Waals surface area contributed by atoms with Gasteiger partial charge in [-0.05, 0) is 43.0 Å². The molecule has 3 rings (SSSR count). The number of hydrazine groups is 1. The summed E-state index contributed by atoms with van der Waals surface area (Å²) in [7, 11) is 0. The summed E-state index contributed by atoms with van der Waals surface area (Å²) in [6.45, 7) is 2.97. The van der Waals surface area contributed by atoms with Crippen molar-refractivity contribution in [2.45, 2.75) is 38.1 Å². The Morgan fingerprint density at radius 1 is 1.29 bits per heavy atom. The molecular formula is C17H22N2OS. The first-order valence-corrected chi connectivity index (χ1v) is 8.39. The van der Waals surface area contributed by atoms with Gasteiger partial charge < -0.3 is 4.74 Å². The highest BCUT2D eigenvalue weighted by Gasteiger charge is 2.28.